The minimum absolute atomic E-state index is 0.0137. The van der Waals surface area contributed by atoms with Gasteiger partial charge in [0.15, 0.2) is 0 Å². The number of amides is 1. The molecule has 0 spiro atoms. The minimum atomic E-state index is -0.831. The number of fused-ring (bicyclic) bond motifs is 1. The highest BCUT2D eigenvalue weighted by Crippen LogP contribution is 2.28. The van der Waals surface area contributed by atoms with Crippen LogP contribution in [0.5, 0.6) is 5.75 Å². The molecule has 0 radical (unpaired) electrons. The molecule has 1 unspecified atom stereocenters. The van der Waals surface area contributed by atoms with Crippen LogP contribution in [-0.2, 0) is 0 Å². The van der Waals surface area contributed by atoms with Crippen molar-refractivity contribution in [3.63, 3.8) is 0 Å². The fourth-order valence-corrected chi connectivity index (χ4v) is 2.69. The van der Waals surface area contributed by atoms with Crippen LogP contribution in [0.2, 0.25) is 0 Å². The summed E-state index contributed by atoms with van der Waals surface area (Å²) in [6.45, 7) is 2.54. The quantitative estimate of drug-likeness (QED) is 0.835. The number of phenolic OH excluding ortho intramolecular Hbond substituents is 1. The van der Waals surface area contributed by atoms with E-state index in [1.165, 1.54) is 0 Å². The predicted octanol–water partition coefficient (Wildman–Crippen LogP) is 2.14. The molecule has 2 aromatic carbocycles. The molecule has 0 saturated carbocycles. The molecule has 1 atom stereocenters. The van der Waals surface area contributed by atoms with Crippen LogP contribution in [-0.4, -0.2) is 39.7 Å². The van der Waals surface area contributed by atoms with Crippen molar-refractivity contribution in [2.75, 3.05) is 13.1 Å². The lowest BCUT2D eigenvalue weighted by Gasteiger charge is -2.19. The Bertz CT molecular complexity index is 678. The number of benzene rings is 2. The van der Waals surface area contributed by atoms with Crippen molar-refractivity contribution >= 4 is 16.7 Å². The van der Waals surface area contributed by atoms with Crippen molar-refractivity contribution in [2.45, 2.75) is 18.9 Å². The minimum Gasteiger partial charge on any atom is -0.507 e. The van der Waals surface area contributed by atoms with E-state index in [1.54, 1.807) is 24.0 Å². The van der Waals surface area contributed by atoms with Gasteiger partial charge in [-0.3, -0.25) is 4.79 Å². The van der Waals surface area contributed by atoms with Crippen LogP contribution in [0.4, 0.5) is 0 Å². The second-order valence-electron chi connectivity index (χ2n) is 5.69. The average Bonchev–Trinajstić information content (AvgIpc) is 2.77. The van der Waals surface area contributed by atoms with Crippen molar-refractivity contribution in [3.8, 4) is 5.75 Å². The topological polar surface area (TPSA) is 60.8 Å². The van der Waals surface area contributed by atoms with Gasteiger partial charge < -0.3 is 15.1 Å². The summed E-state index contributed by atoms with van der Waals surface area (Å²) >= 11 is 0. The van der Waals surface area contributed by atoms with Gasteiger partial charge in [0.05, 0.1) is 11.2 Å². The lowest BCUT2D eigenvalue weighted by molar-refractivity contribution is 0.0570. The van der Waals surface area contributed by atoms with Crippen molar-refractivity contribution in [1.82, 2.24) is 4.90 Å². The van der Waals surface area contributed by atoms with Gasteiger partial charge >= 0.3 is 0 Å². The summed E-state index contributed by atoms with van der Waals surface area (Å²) in [5, 5.41) is 21.8. The fraction of sp³-hybridized carbons (Fsp3) is 0.312. The normalized spacial score (nSPS) is 22.4. The van der Waals surface area contributed by atoms with Gasteiger partial charge in [0, 0.05) is 13.1 Å². The van der Waals surface area contributed by atoms with Crippen LogP contribution in [0.1, 0.15) is 23.7 Å². The molecule has 1 amide bonds. The van der Waals surface area contributed by atoms with E-state index in [1.807, 2.05) is 24.3 Å². The van der Waals surface area contributed by atoms with Crippen molar-refractivity contribution < 1.29 is 15.0 Å². The van der Waals surface area contributed by atoms with Gasteiger partial charge in [-0.05, 0) is 36.2 Å². The molecule has 1 aliphatic heterocycles. The summed E-state index contributed by atoms with van der Waals surface area (Å²) in [7, 11) is 0. The second kappa shape index (κ2) is 4.49. The zero-order valence-corrected chi connectivity index (χ0v) is 11.3. The van der Waals surface area contributed by atoms with Gasteiger partial charge in [-0.1, -0.05) is 24.3 Å². The molecule has 1 heterocycles. The summed E-state index contributed by atoms with van der Waals surface area (Å²) in [5.74, 6) is -0.244. The molecular formula is C16H17NO3. The van der Waals surface area contributed by atoms with Crippen LogP contribution < -0.4 is 0 Å². The number of hydrogen-bond donors (Lipinski definition) is 2. The standard InChI is InChI=1S/C16H17NO3/c1-16(20)6-7-17(10-16)15(19)13-8-11-4-2-3-5-12(11)9-14(13)18/h2-5,8-9,18,20H,6-7,10H2,1H3. The molecule has 0 aromatic heterocycles. The summed E-state index contributed by atoms with van der Waals surface area (Å²) in [5.41, 5.74) is -0.538. The first-order chi connectivity index (χ1) is 9.46. The van der Waals surface area contributed by atoms with E-state index in [4.69, 9.17) is 0 Å². The summed E-state index contributed by atoms with van der Waals surface area (Å²) in [4.78, 5) is 14.0. The zero-order chi connectivity index (χ0) is 14.3. The summed E-state index contributed by atoms with van der Waals surface area (Å²) in [6.07, 6.45) is 0.563. The number of hydrogen-bond acceptors (Lipinski definition) is 3. The predicted molar refractivity (Wildman–Crippen MR) is 76.8 cm³/mol. The lowest BCUT2D eigenvalue weighted by atomic mass is 10.0. The van der Waals surface area contributed by atoms with E-state index in [0.717, 1.165) is 10.8 Å². The van der Waals surface area contributed by atoms with Gasteiger partial charge in [0.1, 0.15) is 5.75 Å². The fourth-order valence-electron chi connectivity index (χ4n) is 2.69. The maximum atomic E-state index is 12.5. The molecule has 0 aliphatic carbocycles. The number of carbonyl (C=O) groups is 1. The van der Waals surface area contributed by atoms with Gasteiger partial charge in [-0.15, -0.1) is 0 Å². The molecule has 1 fully saturated rings. The largest absolute Gasteiger partial charge is 0.507 e. The van der Waals surface area contributed by atoms with E-state index in [0.29, 0.717) is 25.1 Å². The maximum absolute atomic E-state index is 12.5. The first-order valence-electron chi connectivity index (χ1n) is 6.70. The number of nitrogens with zero attached hydrogens (tertiary/aromatic N) is 1. The van der Waals surface area contributed by atoms with Crippen molar-refractivity contribution in [1.29, 1.82) is 0 Å². The van der Waals surface area contributed by atoms with Crippen molar-refractivity contribution in [2.24, 2.45) is 0 Å². The summed E-state index contributed by atoms with van der Waals surface area (Å²) in [6, 6.07) is 10.9. The molecule has 4 heteroatoms. The average molecular weight is 271 g/mol. The third-order valence-electron chi connectivity index (χ3n) is 3.83. The first-order valence-corrected chi connectivity index (χ1v) is 6.70. The number of carbonyl (C=O) groups excluding carboxylic acids is 1. The number of aromatic hydroxyl groups is 1. The molecule has 2 aromatic rings. The molecule has 1 saturated heterocycles. The Morgan fingerprint density at radius 1 is 1.25 bits per heavy atom. The Balaban J connectivity index is 1.97. The molecule has 104 valence electrons. The van der Waals surface area contributed by atoms with Gasteiger partial charge in [-0.2, -0.15) is 0 Å². The number of phenols is 1. The summed E-state index contributed by atoms with van der Waals surface area (Å²) < 4.78 is 0. The van der Waals surface area contributed by atoms with Crippen LogP contribution in [0, 0.1) is 0 Å². The molecule has 0 bridgehead atoms. The number of likely N-dealkylation sites (tertiary alicyclic amines) is 1. The molecular weight excluding hydrogens is 254 g/mol. The van der Waals surface area contributed by atoms with E-state index in [-0.39, 0.29) is 11.7 Å². The Morgan fingerprint density at radius 3 is 2.50 bits per heavy atom. The van der Waals surface area contributed by atoms with Crippen molar-refractivity contribution in [3.05, 3.63) is 42.0 Å². The Hall–Kier alpha value is -2.07. The number of aliphatic hydroxyl groups is 1. The molecule has 2 N–H and O–H groups in total. The monoisotopic (exact) mass is 271 g/mol. The highest BCUT2D eigenvalue weighted by atomic mass is 16.3. The van der Waals surface area contributed by atoms with E-state index in [9.17, 15) is 15.0 Å². The van der Waals surface area contributed by atoms with E-state index < -0.39 is 5.60 Å². The van der Waals surface area contributed by atoms with Gasteiger partial charge in [-0.25, -0.2) is 0 Å². The molecule has 3 rings (SSSR count). The maximum Gasteiger partial charge on any atom is 0.257 e. The third kappa shape index (κ3) is 2.23. The van der Waals surface area contributed by atoms with Gasteiger partial charge in [0.25, 0.3) is 5.91 Å². The Morgan fingerprint density at radius 2 is 1.90 bits per heavy atom. The smallest absolute Gasteiger partial charge is 0.257 e. The first kappa shape index (κ1) is 12.9. The molecule has 4 nitrogen and oxygen atoms in total. The van der Waals surface area contributed by atoms with Crippen LogP contribution in [0.3, 0.4) is 0 Å². The highest BCUT2D eigenvalue weighted by molar-refractivity contribution is 6.01. The van der Waals surface area contributed by atoms with Crippen LogP contribution >= 0.6 is 0 Å². The third-order valence-corrected chi connectivity index (χ3v) is 3.83. The SMILES string of the molecule is CC1(O)CCN(C(=O)c2cc3ccccc3cc2O)C1. The Labute approximate surface area is 117 Å². The Kier molecular flexibility index (Phi) is 2.91. The molecule has 1 aliphatic rings. The second-order valence-corrected chi connectivity index (χ2v) is 5.69. The zero-order valence-electron chi connectivity index (χ0n) is 11.3. The number of β-amino-alcohol motifs (C(OH)–C–C–N with tert-alkyl or cyclic N) is 1. The van der Waals surface area contributed by atoms with E-state index >= 15 is 0 Å². The van der Waals surface area contributed by atoms with E-state index in [2.05, 4.69) is 0 Å². The van der Waals surface area contributed by atoms with Gasteiger partial charge in [0.2, 0.25) is 0 Å². The molecule has 20 heavy (non-hydrogen) atoms. The number of rotatable bonds is 1. The highest BCUT2D eigenvalue weighted by Gasteiger charge is 2.35. The van der Waals surface area contributed by atoms with Crippen LogP contribution in [0.25, 0.3) is 10.8 Å². The lowest BCUT2D eigenvalue weighted by Crippen LogP contribution is -2.33. The van der Waals surface area contributed by atoms with Crippen LogP contribution in [0.15, 0.2) is 36.4 Å².